The number of carbonyl (C=O) groups excluding carboxylic acids is 1. The van der Waals surface area contributed by atoms with E-state index in [1.807, 2.05) is 9.57 Å². The number of nitrogens with zero attached hydrogens (tertiary/aromatic N) is 7. The van der Waals surface area contributed by atoms with E-state index in [9.17, 15) is 26.7 Å². The highest BCUT2D eigenvalue weighted by Crippen LogP contribution is 2.38. The van der Waals surface area contributed by atoms with E-state index in [1.54, 1.807) is 6.20 Å². The van der Waals surface area contributed by atoms with Crippen molar-refractivity contribution in [1.29, 1.82) is 0 Å². The van der Waals surface area contributed by atoms with Crippen molar-refractivity contribution in [1.82, 2.24) is 29.4 Å². The fraction of sp³-hybridized carbons (Fsp3) is 0.550. The van der Waals surface area contributed by atoms with Gasteiger partial charge in [-0.3, -0.25) is 4.67 Å². The highest BCUT2D eigenvalue weighted by molar-refractivity contribution is 7.13. The largest absolute Gasteiger partial charge is 0.434 e. The minimum absolute atomic E-state index is 0.214. The molecule has 3 aromatic rings. The highest BCUT2D eigenvalue weighted by Gasteiger charge is 2.37. The average Bonchev–Trinajstić information content (AvgIpc) is 3.41. The van der Waals surface area contributed by atoms with Crippen LogP contribution in [0.2, 0.25) is 0 Å². The first kappa shape index (κ1) is 25.8. The SMILES string of the molecule is O=CCC1(CN(P)Cc2nc(C(F)(F)F)cs2)CCN(c2cnc3cnn(CC(F)F)c3n2)CC1. The Morgan fingerprint density at radius 2 is 1.97 bits per heavy atom. The first-order valence-corrected chi connectivity index (χ1v) is 12.1. The normalized spacial score (nSPS) is 16.5. The number of rotatable bonds is 9. The van der Waals surface area contributed by atoms with E-state index < -0.39 is 24.8 Å². The third kappa shape index (κ3) is 6.10. The number of thiazole rings is 1. The van der Waals surface area contributed by atoms with E-state index in [2.05, 4.69) is 29.4 Å². The van der Waals surface area contributed by atoms with Crippen LogP contribution in [0.1, 0.15) is 30.0 Å². The topological polar surface area (TPSA) is 80.0 Å². The summed E-state index contributed by atoms with van der Waals surface area (Å²) in [6.07, 6.45) is -1.62. The lowest BCUT2D eigenvalue weighted by molar-refractivity contribution is -0.140. The summed E-state index contributed by atoms with van der Waals surface area (Å²) in [5.41, 5.74) is -0.555. The molecule has 4 heterocycles. The summed E-state index contributed by atoms with van der Waals surface area (Å²) in [5, 5.41) is 5.27. The van der Waals surface area contributed by atoms with Crippen molar-refractivity contribution in [2.75, 3.05) is 24.5 Å². The predicted octanol–water partition coefficient (Wildman–Crippen LogP) is 4.03. The van der Waals surface area contributed by atoms with E-state index in [4.69, 9.17) is 0 Å². The number of anilines is 1. The third-order valence-corrected chi connectivity index (χ3v) is 7.23. The van der Waals surface area contributed by atoms with E-state index in [0.29, 0.717) is 55.2 Å². The summed E-state index contributed by atoms with van der Waals surface area (Å²) in [5.74, 6) is 0.540. The van der Waals surface area contributed by atoms with Gasteiger partial charge in [0.1, 0.15) is 29.2 Å². The Morgan fingerprint density at radius 3 is 2.60 bits per heavy atom. The van der Waals surface area contributed by atoms with Crippen molar-refractivity contribution in [2.45, 2.75) is 45.0 Å². The van der Waals surface area contributed by atoms with E-state index in [-0.39, 0.29) is 17.6 Å². The molecule has 1 aliphatic rings. The van der Waals surface area contributed by atoms with Crippen molar-refractivity contribution in [3.8, 4) is 0 Å². The Kier molecular flexibility index (Phi) is 7.62. The van der Waals surface area contributed by atoms with Crippen LogP contribution < -0.4 is 4.90 Å². The van der Waals surface area contributed by atoms with Crippen LogP contribution in [0, 0.1) is 5.41 Å². The van der Waals surface area contributed by atoms with Crippen molar-refractivity contribution >= 4 is 44.0 Å². The fourth-order valence-corrected chi connectivity index (χ4v) is 5.76. The van der Waals surface area contributed by atoms with Crippen LogP contribution in [0.3, 0.4) is 0 Å². The molecule has 190 valence electrons. The summed E-state index contributed by atoms with van der Waals surface area (Å²) in [6, 6.07) is 0. The zero-order valence-electron chi connectivity index (χ0n) is 18.5. The summed E-state index contributed by atoms with van der Waals surface area (Å²) in [6.45, 7) is 1.25. The number of hydrogen-bond donors (Lipinski definition) is 0. The summed E-state index contributed by atoms with van der Waals surface area (Å²) < 4.78 is 67.1. The maximum atomic E-state index is 12.8. The average molecular weight is 535 g/mol. The van der Waals surface area contributed by atoms with Gasteiger partial charge in [-0.1, -0.05) is 9.39 Å². The van der Waals surface area contributed by atoms with Gasteiger partial charge >= 0.3 is 6.18 Å². The van der Waals surface area contributed by atoms with E-state index in [0.717, 1.165) is 27.7 Å². The number of halogens is 5. The second-order valence-electron chi connectivity index (χ2n) is 8.54. The van der Waals surface area contributed by atoms with Crippen LogP contribution in [0.25, 0.3) is 11.2 Å². The number of carbonyl (C=O) groups is 1. The summed E-state index contributed by atoms with van der Waals surface area (Å²) in [7, 11) is 2.52. The molecule has 0 aliphatic carbocycles. The lowest BCUT2D eigenvalue weighted by atomic mass is 9.76. The van der Waals surface area contributed by atoms with Crippen molar-refractivity contribution in [2.24, 2.45) is 5.41 Å². The zero-order valence-corrected chi connectivity index (χ0v) is 20.4. The van der Waals surface area contributed by atoms with Crippen LogP contribution in [0.15, 0.2) is 17.8 Å². The number of aldehydes is 1. The minimum Gasteiger partial charge on any atom is -0.355 e. The Morgan fingerprint density at radius 1 is 1.23 bits per heavy atom. The Labute approximate surface area is 203 Å². The minimum atomic E-state index is -4.48. The maximum absolute atomic E-state index is 12.8. The van der Waals surface area contributed by atoms with Gasteiger partial charge in [0.2, 0.25) is 0 Å². The van der Waals surface area contributed by atoms with Crippen molar-refractivity contribution in [3.05, 3.63) is 28.5 Å². The standard InChI is InChI=1S/C20H23F5N7OPS/c21-15(22)9-32-18-13(7-27-32)26-8-16(29-18)30-4-1-19(2-5-30,3-6-33)12-31(34)10-17-28-14(11-35-17)20(23,24)25/h6-8,11,15H,1-5,9-10,12,34H2. The second kappa shape index (κ2) is 10.4. The van der Waals surface area contributed by atoms with Gasteiger partial charge in [0.05, 0.1) is 18.9 Å². The number of piperidine rings is 1. The van der Waals surface area contributed by atoms with Crippen LogP contribution in [-0.2, 0) is 24.1 Å². The first-order chi connectivity index (χ1) is 16.6. The monoisotopic (exact) mass is 535 g/mol. The van der Waals surface area contributed by atoms with Gasteiger partial charge in [0.25, 0.3) is 6.43 Å². The molecule has 8 nitrogen and oxygen atoms in total. The molecular weight excluding hydrogens is 512 g/mol. The maximum Gasteiger partial charge on any atom is 0.434 e. The molecule has 35 heavy (non-hydrogen) atoms. The molecule has 1 fully saturated rings. The lowest BCUT2D eigenvalue weighted by Crippen LogP contribution is -2.45. The van der Waals surface area contributed by atoms with E-state index >= 15 is 0 Å². The summed E-state index contributed by atoms with van der Waals surface area (Å²) >= 11 is 0.950. The smallest absolute Gasteiger partial charge is 0.355 e. The lowest BCUT2D eigenvalue weighted by Gasteiger charge is -2.43. The summed E-state index contributed by atoms with van der Waals surface area (Å²) in [4.78, 5) is 25.9. The number of aromatic nitrogens is 5. The van der Waals surface area contributed by atoms with Gasteiger partial charge in [-0.25, -0.2) is 28.4 Å². The molecule has 1 unspecified atom stereocenters. The van der Waals surface area contributed by atoms with Crippen LogP contribution in [0.5, 0.6) is 0 Å². The van der Waals surface area contributed by atoms with Gasteiger partial charge < -0.3 is 9.69 Å². The van der Waals surface area contributed by atoms with Gasteiger partial charge in [0.15, 0.2) is 11.3 Å². The zero-order chi connectivity index (χ0) is 25.2. The van der Waals surface area contributed by atoms with Crippen LogP contribution in [0.4, 0.5) is 27.8 Å². The van der Waals surface area contributed by atoms with Gasteiger partial charge in [-0.05, 0) is 18.3 Å². The molecule has 0 amide bonds. The molecule has 0 N–H and O–H groups in total. The number of fused-ring (bicyclic) bond motifs is 1. The molecule has 0 saturated carbocycles. The molecule has 1 saturated heterocycles. The fourth-order valence-electron chi connectivity index (χ4n) is 4.24. The van der Waals surface area contributed by atoms with Crippen molar-refractivity contribution < 1.29 is 26.7 Å². The molecule has 0 aromatic carbocycles. The quantitative estimate of drug-likeness (QED) is 0.233. The first-order valence-electron chi connectivity index (χ1n) is 10.8. The Bertz CT molecular complexity index is 1160. The highest BCUT2D eigenvalue weighted by atomic mass is 32.1. The van der Waals surface area contributed by atoms with Gasteiger partial charge in [-0.15, -0.1) is 11.3 Å². The Hall–Kier alpha value is -2.31. The third-order valence-electron chi connectivity index (χ3n) is 6.03. The molecule has 0 spiro atoms. The number of hydrogen-bond acceptors (Lipinski definition) is 8. The molecule has 0 bridgehead atoms. The van der Waals surface area contributed by atoms with E-state index in [1.165, 1.54) is 6.20 Å². The van der Waals surface area contributed by atoms with Crippen molar-refractivity contribution in [3.63, 3.8) is 0 Å². The molecular formula is C20H23F5N7OPS. The molecule has 3 aromatic heterocycles. The molecule has 15 heteroatoms. The molecule has 4 rings (SSSR count). The molecule has 1 atom stereocenters. The number of alkyl halides is 5. The predicted molar refractivity (Wildman–Crippen MR) is 123 cm³/mol. The Balaban J connectivity index is 1.42. The van der Waals surface area contributed by atoms with Gasteiger partial charge in [-0.2, -0.15) is 18.3 Å². The van der Waals surface area contributed by atoms with Crippen LogP contribution >= 0.6 is 20.7 Å². The van der Waals surface area contributed by atoms with Gasteiger partial charge in [0, 0.05) is 31.4 Å². The molecule has 0 radical (unpaired) electrons. The second-order valence-corrected chi connectivity index (χ2v) is 10.2. The van der Waals surface area contributed by atoms with Crippen LogP contribution in [-0.4, -0.2) is 61.7 Å². The molecule has 1 aliphatic heterocycles.